The molecule has 0 aliphatic rings. The van der Waals surface area contributed by atoms with Gasteiger partial charge in [-0.2, -0.15) is 0 Å². The molecule has 0 saturated carbocycles. The SMILES string of the molecule is CC(C)=CCc1c(O)cc(O)c(C(=O)Cc2ccc(Cl)cc2)c1O. The van der Waals surface area contributed by atoms with Gasteiger partial charge in [-0.15, -0.1) is 0 Å². The fourth-order valence-corrected chi connectivity index (χ4v) is 2.47. The van der Waals surface area contributed by atoms with E-state index in [1.54, 1.807) is 24.3 Å². The summed E-state index contributed by atoms with van der Waals surface area (Å²) in [5, 5.41) is 30.9. The Kier molecular flexibility index (Phi) is 5.52. The first-order valence-corrected chi connectivity index (χ1v) is 7.85. The van der Waals surface area contributed by atoms with Gasteiger partial charge in [0.05, 0.1) is 0 Å². The van der Waals surface area contributed by atoms with E-state index in [9.17, 15) is 20.1 Å². The number of carbonyl (C=O) groups is 1. The molecule has 0 radical (unpaired) electrons. The summed E-state index contributed by atoms with van der Waals surface area (Å²) in [7, 11) is 0. The number of aromatic hydroxyl groups is 3. The van der Waals surface area contributed by atoms with E-state index in [0.717, 1.165) is 11.6 Å². The van der Waals surface area contributed by atoms with E-state index < -0.39 is 11.5 Å². The molecule has 24 heavy (non-hydrogen) atoms. The number of hydrogen-bond donors (Lipinski definition) is 3. The van der Waals surface area contributed by atoms with Gasteiger partial charge in [0.15, 0.2) is 5.78 Å². The zero-order chi connectivity index (χ0) is 17.9. The van der Waals surface area contributed by atoms with Gasteiger partial charge in [0.1, 0.15) is 22.8 Å². The van der Waals surface area contributed by atoms with Crippen molar-refractivity contribution in [3.8, 4) is 17.2 Å². The summed E-state index contributed by atoms with van der Waals surface area (Å²) in [6.45, 7) is 3.78. The fraction of sp³-hybridized carbons (Fsp3) is 0.211. The molecule has 2 aromatic carbocycles. The van der Waals surface area contributed by atoms with E-state index in [4.69, 9.17) is 11.6 Å². The molecule has 0 unspecified atom stereocenters. The lowest BCUT2D eigenvalue weighted by molar-refractivity contribution is 0.0987. The molecule has 0 aliphatic carbocycles. The number of Topliss-reactive ketones (excluding diaryl/α,β-unsaturated/α-hetero) is 1. The average molecular weight is 347 g/mol. The molecular weight excluding hydrogens is 328 g/mol. The Hall–Kier alpha value is -2.46. The third-order valence-corrected chi connectivity index (χ3v) is 3.88. The van der Waals surface area contributed by atoms with Crippen molar-refractivity contribution >= 4 is 17.4 Å². The Morgan fingerprint density at radius 3 is 2.29 bits per heavy atom. The van der Waals surface area contributed by atoms with Crippen LogP contribution in [0.3, 0.4) is 0 Å². The lowest BCUT2D eigenvalue weighted by atomic mass is 9.96. The molecule has 0 heterocycles. The molecule has 0 aliphatic heterocycles. The van der Waals surface area contributed by atoms with Gasteiger partial charge in [0.25, 0.3) is 0 Å². The van der Waals surface area contributed by atoms with Crippen molar-refractivity contribution in [2.24, 2.45) is 0 Å². The summed E-state index contributed by atoms with van der Waals surface area (Å²) in [5.41, 5.74) is 1.76. The average Bonchev–Trinajstić information content (AvgIpc) is 2.48. The van der Waals surface area contributed by atoms with Crippen LogP contribution in [-0.4, -0.2) is 21.1 Å². The van der Waals surface area contributed by atoms with Crippen molar-refractivity contribution in [2.75, 3.05) is 0 Å². The second-order valence-electron chi connectivity index (χ2n) is 5.83. The number of hydrogen-bond acceptors (Lipinski definition) is 4. The largest absolute Gasteiger partial charge is 0.507 e. The lowest BCUT2D eigenvalue weighted by Crippen LogP contribution is -2.06. The zero-order valence-electron chi connectivity index (χ0n) is 13.5. The highest BCUT2D eigenvalue weighted by Gasteiger charge is 2.22. The van der Waals surface area contributed by atoms with Crippen LogP contribution in [0.25, 0.3) is 0 Å². The van der Waals surface area contributed by atoms with Gasteiger partial charge in [0.2, 0.25) is 0 Å². The van der Waals surface area contributed by atoms with Crippen LogP contribution in [0.4, 0.5) is 0 Å². The number of carbonyl (C=O) groups excluding carboxylic acids is 1. The molecule has 2 rings (SSSR count). The molecule has 0 saturated heterocycles. The molecular formula is C19H19ClO4. The molecule has 3 N–H and O–H groups in total. The van der Waals surface area contributed by atoms with Gasteiger partial charge in [-0.3, -0.25) is 4.79 Å². The predicted octanol–water partition coefficient (Wildman–Crippen LogP) is 4.39. The van der Waals surface area contributed by atoms with Crippen LogP contribution in [0.1, 0.15) is 35.3 Å². The normalized spacial score (nSPS) is 10.5. The highest BCUT2D eigenvalue weighted by molar-refractivity contribution is 6.30. The Morgan fingerprint density at radius 2 is 1.71 bits per heavy atom. The Labute approximate surface area is 145 Å². The first kappa shape index (κ1) is 17.9. The molecule has 0 atom stereocenters. The summed E-state index contributed by atoms with van der Waals surface area (Å²) in [6, 6.07) is 7.84. The van der Waals surface area contributed by atoms with Crippen molar-refractivity contribution in [1.29, 1.82) is 0 Å². The highest BCUT2D eigenvalue weighted by Crippen LogP contribution is 2.38. The van der Waals surface area contributed by atoms with Crippen molar-refractivity contribution in [3.05, 3.63) is 63.7 Å². The van der Waals surface area contributed by atoms with Crippen molar-refractivity contribution < 1.29 is 20.1 Å². The maximum Gasteiger partial charge on any atom is 0.174 e. The highest BCUT2D eigenvalue weighted by atomic mass is 35.5. The minimum atomic E-state index is -0.440. The number of phenols is 3. The molecule has 0 bridgehead atoms. The van der Waals surface area contributed by atoms with Crippen LogP contribution in [0.5, 0.6) is 17.2 Å². The van der Waals surface area contributed by atoms with E-state index in [1.165, 1.54) is 0 Å². The number of rotatable bonds is 5. The molecule has 4 nitrogen and oxygen atoms in total. The maximum absolute atomic E-state index is 12.5. The number of allylic oxidation sites excluding steroid dienone is 2. The van der Waals surface area contributed by atoms with Gasteiger partial charge in [-0.05, 0) is 38.0 Å². The quantitative estimate of drug-likeness (QED) is 0.554. The van der Waals surface area contributed by atoms with Crippen LogP contribution >= 0.6 is 11.6 Å². The number of phenolic OH excluding ortho intramolecular Hbond substituents is 3. The number of halogens is 1. The van der Waals surface area contributed by atoms with Crippen molar-refractivity contribution in [3.63, 3.8) is 0 Å². The van der Waals surface area contributed by atoms with E-state index in [2.05, 4.69) is 0 Å². The van der Waals surface area contributed by atoms with E-state index >= 15 is 0 Å². The van der Waals surface area contributed by atoms with Gasteiger partial charge >= 0.3 is 0 Å². The van der Waals surface area contributed by atoms with Crippen LogP contribution in [0.2, 0.25) is 5.02 Å². The maximum atomic E-state index is 12.5. The standard InChI is InChI=1S/C19H19ClO4/c1-11(2)3-8-14-15(21)10-17(23)18(19(14)24)16(22)9-12-4-6-13(20)7-5-12/h3-7,10,21,23-24H,8-9H2,1-2H3. The predicted molar refractivity (Wildman–Crippen MR) is 94.1 cm³/mol. The monoisotopic (exact) mass is 346 g/mol. The first-order valence-electron chi connectivity index (χ1n) is 7.47. The van der Waals surface area contributed by atoms with E-state index in [1.807, 2.05) is 19.9 Å². The van der Waals surface area contributed by atoms with Crippen LogP contribution in [0, 0.1) is 0 Å². The lowest BCUT2D eigenvalue weighted by Gasteiger charge is -2.12. The van der Waals surface area contributed by atoms with Gasteiger partial charge in [-0.1, -0.05) is 35.4 Å². The molecule has 0 spiro atoms. The summed E-state index contributed by atoms with van der Waals surface area (Å²) in [5.74, 6) is -1.51. The summed E-state index contributed by atoms with van der Waals surface area (Å²) >= 11 is 5.82. The molecule has 0 amide bonds. The molecule has 126 valence electrons. The molecule has 0 aromatic heterocycles. The fourth-order valence-electron chi connectivity index (χ4n) is 2.34. The minimum absolute atomic E-state index is 0.00511. The van der Waals surface area contributed by atoms with E-state index in [-0.39, 0.29) is 35.5 Å². The Bertz CT molecular complexity index is 788. The smallest absolute Gasteiger partial charge is 0.174 e. The Balaban J connectivity index is 2.38. The van der Waals surface area contributed by atoms with Crippen LogP contribution in [-0.2, 0) is 12.8 Å². The summed E-state index contributed by atoms with van der Waals surface area (Å²) in [4.78, 5) is 12.5. The molecule has 5 heteroatoms. The second-order valence-corrected chi connectivity index (χ2v) is 6.27. The summed E-state index contributed by atoms with van der Waals surface area (Å²) < 4.78 is 0. The van der Waals surface area contributed by atoms with Crippen LogP contribution in [0.15, 0.2) is 42.0 Å². The zero-order valence-corrected chi connectivity index (χ0v) is 14.3. The van der Waals surface area contributed by atoms with Crippen molar-refractivity contribution in [1.82, 2.24) is 0 Å². The molecule has 0 fully saturated rings. The Morgan fingerprint density at radius 1 is 1.08 bits per heavy atom. The first-order chi connectivity index (χ1) is 11.3. The topological polar surface area (TPSA) is 77.8 Å². The van der Waals surface area contributed by atoms with Crippen LogP contribution < -0.4 is 0 Å². The molecule has 2 aromatic rings. The summed E-state index contributed by atoms with van der Waals surface area (Å²) in [6.07, 6.45) is 2.09. The third-order valence-electron chi connectivity index (χ3n) is 3.63. The third kappa shape index (κ3) is 4.09. The number of benzene rings is 2. The van der Waals surface area contributed by atoms with Gasteiger partial charge < -0.3 is 15.3 Å². The number of ketones is 1. The van der Waals surface area contributed by atoms with Gasteiger partial charge in [-0.25, -0.2) is 0 Å². The second kappa shape index (κ2) is 7.41. The van der Waals surface area contributed by atoms with E-state index in [0.29, 0.717) is 10.6 Å². The van der Waals surface area contributed by atoms with Crippen molar-refractivity contribution in [2.45, 2.75) is 26.7 Å². The minimum Gasteiger partial charge on any atom is -0.507 e. The van der Waals surface area contributed by atoms with Gasteiger partial charge in [0, 0.05) is 23.1 Å².